The number of hydrogen-bond donors (Lipinski definition) is 2. The SMILES string of the molecule is CN(C)c1ccc(C2NC(C(=O)O)(c3ccccc3)C3C(=O)N(c4cccc([N+](=O)[O-])c4)C(=O)C23)cc1. The molecule has 2 heterocycles. The quantitative estimate of drug-likeness (QED) is 0.300. The highest BCUT2D eigenvalue weighted by molar-refractivity contribution is 6.24. The van der Waals surface area contributed by atoms with E-state index in [1.165, 1.54) is 18.2 Å². The van der Waals surface area contributed by atoms with E-state index >= 15 is 0 Å². The lowest BCUT2D eigenvalue weighted by Gasteiger charge is -2.31. The molecule has 37 heavy (non-hydrogen) atoms. The molecule has 4 atom stereocenters. The zero-order valence-electron chi connectivity index (χ0n) is 20.1. The number of carboxylic acids is 1. The first-order valence-electron chi connectivity index (χ1n) is 11.6. The molecule has 3 aromatic carbocycles. The minimum Gasteiger partial charge on any atom is -0.480 e. The summed E-state index contributed by atoms with van der Waals surface area (Å²) in [6.45, 7) is 0. The third-order valence-electron chi connectivity index (χ3n) is 7.19. The lowest BCUT2D eigenvalue weighted by molar-refractivity contribution is -0.384. The van der Waals surface area contributed by atoms with E-state index in [9.17, 15) is 29.6 Å². The van der Waals surface area contributed by atoms with Crippen molar-refractivity contribution in [1.29, 1.82) is 0 Å². The van der Waals surface area contributed by atoms with Gasteiger partial charge in [-0.05, 0) is 29.3 Å². The summed E-state index contributed by atoms with van der Waals surface area (Å²) in [5.41, 5.74) is -0.227. The molecule has 2 amide bonds. The number of hydrogen-bond acceptors (Lipinski definition) is 7. The highest BCUT2D eigenvalue weighted by atomic mass is 16.6. The molecule has 5 rings (SSSR count). The van der Waals surface area contributed by atoms with Gasteiger partial charge in [-0.1, -0.05) is 48.5 Å². The lowest BCUT2D eigenvalue weighted by Crippen LogP contribution is -2.53. The van der Waals surface area contributed by atoms with Crippen LogP contribution in [0.2, 0.25) is 0 Å². The standard InChI is InChI=1S/C27H24N4O6/c1-29(2)18-13-11-16(12-14-18)23-21-22(27(28-23,26(34)35)17-7-4-3-5-8-17)25(33)30(24(21)32)19-9-6-10-20(15-19)31(36)37/h3-15,21-23,28H,1-2H3,(H,34,35). The molecule has 0 aliphatic carbocycles. The maximum Gasteiger partial charge on any atom is 0.329 e. The van der Waals surface area contributed by atoms with Crippen LogP contribution < -0.4 is 15.1 Å². The van der Waals surface area contributed by atoms with Crippen LogP contribution in [0.5, 0.6) is 0 Å². The first-order valence-corrected chi connectivity index (χ1v) is 11.6. The summed E-state index contributed by atoms with van der Waals surface area (Å²) >= 11 is 0. The summed E-state index contributed by atoms with van der Waals surface area (Å²) in [5.74, 6) is -4.94. The fourth-order valence-electron chi connectivity index (χ4n) is 5.46. The summed E-state index contributed by atoms with van der Waals surface area (Å²) < 4.78 is 0. The van der Waals surface area contributed by atoms with E-state index < -0.39 is 46.1 Å². The number of amides is 2. The predicted octanol–water partition coefficient (Wildman–Crippen LogP) is 3.09. The molecule has 3 aromatic rings. The van der Waals surface area contributed by atoms with Crippen molar-refractivity contribution in [1.82, 2.24) is 5.32 Å². The van der Waals surface area contributed by atoms with Gasteiger partial charge in [0.2, 0.25) is 11.8 Å². The van der Waals surface area contributed by atoms with E-state index in [4.69, 9.17) is 0 Å². The number of carbonyl (C=O) groups is 3. The zero-order chi connectivity index (χ0) is 26.5. The van der Waals surface area contributed by atoms with Gasteiger partial charge in [0.05, 0.1) is 22.4 Å². The van der Waals surface area contributed by atoms with Crippen molar-refractivity contribution in [2.45, 2.75) is 11.6 Å². The van der Waals surface area contributed by atoms with Crippen molar-refractivity contribution in [3.63, 3.8) is 0 Å². The Hall–Kier alpha value is -4.57. The Morgan fingerprint density at radius 2 is 1.68 bits per heavy atom. The van der Waals surface area contributed by atoms with Crippen LogP contribution in [0.15, 0.2) is 78.9 Å². The molecule has 188 valence electrons. The number of imide groups is 1. The number of nitro groups is 1. The van der Waals surface area contributed by atoms with Crippen LogP contribution in [0.25, 0.3) is 0 Å². The Morgan fingerprint density at radius 3 is 2.27 bits per heavy atom. The Kier molecular flexibility index (Phi) is 5.76. The monoisotopic (exact) mass is 500 g/mol. The number of nitrogens with zero attached hydrogens (tertiary/aromatic N) is 3. The minimum atomic E-state index is -1.89. The van der Waals surface area contributed by atoms with Crippen molar-refractivity contribution in [3.8, 4) is 0 Å². The normalized spacial score (nSPS) is 24.7. The second-order valence-corrected chi connectivity index (χ2v) is 9.38. The maximum absolute atomic E-state index is 13.9. The van der Waals surface area contributed by atoms with Gasteiger partial charge in [0.15, 0.2) is 5.54 Å². The van der Waals surface area contributed by atoms with Crippen LogP contribution >= 0.6 is 0 Å². The molecule has 0 radical (unpaired) electrons. The Balaban J connectivity index is 1.68. The molecule has 0 spiro atoms. The van der Waals surface area contributed by atoms with E-state index in [0.717, 1.165) is 16.7 Å². The van der Waals surface area contributed by atoms with Crippen LogP contribution in [0.3, 0.4) is 0 Å². The van der Waals surface area contributed by atoms with Crippen molar-refractivity contribution >= 4 is 34.8 Å². The molecule has 4 unspecified atom stereocenters. The largest absolute Gasteiger partial charge is 0.480 e. The third kappa shape index (κ3) is 3.64. The van der Waals surface area contributed by atoms with Gasteiger partial charge >= 0.3 is 5.97 Å². The number of rotatable bonds is 6. The second-order valence-electron chi connectivity index (χ2n) is 9.38. The molecule has 2 fully saturated rings. The average molecular weight is 501 g/mol. The molecular formula is C27H24N4O6. The molecule has 0 aromatic heterocycles. The van der Waals surface area contributed by atoms with E-state index in [1.54, 1.807) is 42.5 Å². The van der Waals surface area contributed by atoms with Crippen LogP contribution in [0.1, 0.15) is 17.2 Å². The van der Waals surface area contributed by atoms with E-state index in [1.807, 2.05) is 31.1 Å². The van der Waals surface area contributed by atoms with E-state index in [-0.39, 0.29) is 11.4 Å². The number of carbonyl (C=O) groups excluding carboxylic acids is 2. The molecule has 2 aliphatic heterocycles. The molecule has 0 bridgehead atoms. The number of benzene rings is 3. The van der Waals surface area contributed by atoms with Gasteiger partial charge in [0, 0.05) is 38.0 Å². The molecule has 10 nitrogen and oxygen atoms in total. The van der Waals surface area contributed by atoms with Crippen LogP contribution in [-0.2, 0) is 19.9 Å². The zero-order valence-corrected chi connectivity index (χ0v) is 20.1. The molecule has 2 saturated heterocycles. The first kappa shape index (κ1) is 24.1. The molecular weight excluding hydrogens is 476 g/mol. The molecule has 2 N–H and O–H groups in total. The average Bonchev–Trinajstić information content (AvgIpc) is 3.39. The van der Waals surface area contributed by atoms with Gasteiger partial charge in [-0.25, -0.2) is 9.69 Å². The Labute approximate surface area is 212 Å². The fraction of sp³-hybridized carbons (Fsp3) is 0.222. The summed E-state index contributed by atoms with van der Waals surface area (Å²) in [5, 5.41) is 25.1. The van der Waals surface area contributed by atoms with Crippen molar-refractivity contribution in [3.05, 3.63) is 100 Å². The number of fused-ring (bicyclic) bond motifs is 1. The van der Waals surface area contributed by atoms with Crippen LogP contribution in [-0.4, -0.2) is 41.9 Å². The van der Waals surface area contributed by atoms with Gasteiger partial charge in [0.25, 0.3) is 5.69 Å². The molecule has 2 aliphatic rings. The number of non-ortho nitro benzene ring substituents is 1. The number of aliphatic carboxylic acids is 1. The highest BCUT2D eigenvalue weighted by Crippen LogP contribution is 2.53. The topological polar surface area (TPSA) is 133 Å². The third-order valence-corrected chi connectivity index (χ3v) is 7.19. The summed E-state index contributed by atoms with van der Waals surface area (Å²) in [6.07, 6.45) is 0. The summed E-state index contributed by atoms with van der Waals surface area (Å²) in [6, 6.07) is 20.1. The molecule has 10 heteroatoms. The van der Waals surface area contributed by atoms with Gasteiger partial charge in [-0.15, -0.1) is 0 Å². The number of nitro benzene ring substituents is 1. The van der Waals surface area contributed by atoms with E-state index in [2.05, 4.69) is 5.32 Å². The number of nitrogens with one attached hydrogen (secondary N) is 1. The van der Waals surface area contributed by atoms with Crippen LogP contribution in [0.4, 0.5) is 17.1 Å². The Morgan fingerprint density at radius 1 is 1.00 bits per heavy atom. The summed E-state index contributed by atoms with van der Waals surface area (Å²) in [7, 11) is 3.78. The summed E-state index contributed by atoms with van der Waals surface area (Å²) in [4.78, 5) is 54.3. The van der Waals surface area contributed by atoms with Gasteiger partial charge < -0.3 is 10.0 Å². The fourth-order valence-corrected chi connectivity index (χ4v) is 5.46. The molecule has 0 saturated carbocycles. The van der Waals surface area contributed by atoms with Gasteiger partial charge in [-0.2, -0.15) is 0 Å². The van der Waals surface area contributed by atoms with Crippen LogP contribution in [0, 0.1) is 22.0 Å². The van der Waals surface area contributed by atoms with Crippen molar-refractivity contribution in [2.24, 2.45) is 11.8 Å². The number of carboxylic acid groups (broad SMARTS) is 1. The maximum atomic E-state index is 13.9. The second kappa shape index (κ2) is 8.82. The van der Waals surface area contributed by atoms with E-state index in [0.29, 0.717) is 11.1 Å². The van der Waals surface area contributed by atoms with Gasteiger partial charge in [0.1, 0.15) is 0 Å². The van der Waals surface area contributed by atoms with Crippen molar-refractivity contribution in [2.75, 3.05) is 23.9 Å². The first-order chi connectivity index (χ1) is 17.7. The lowest BCUT2D eigenvalue weighted by atomic mass is 9.75. The van der Waals surface area contributed by atoms with Gasteiger partial charge in [-0.3, -0.25) is 25.0 Å². The van der Waals surface area contributed by atoms with Crippen molar-refractivity contribution < 1.29 is 24.4 Å². The minimum absolute atomic E-state index is 0.0349. The smallest absolute Gasteiger partial charge is 0.329 e. The predicted molar refractivity (Wildman–Crippen MR) is 135 cm³/mol. The number of anilines is 2. The Bertz CT molecular complexity index is 1410. The highest BCUT2D eigenvalue weighted by Gasteiger charge is 2.69.